The number of benzene rings is 2. The van der Waals surface area contributed by atoms with Gasteiger partial charge in [0.15, 0.2) is 0 Å². The lowest BCUT2D eigenvalue weighted by molar-refractivity contribution is -0.385. The average Bonchev–Trinajstić information content (AvgIpc) is 3.31. The first-order valence-corrected chi connectivity index (χ1v) is 11.5. The molecule has 0 aliphatic rings. The summed E-state index contributed by atoms with van der Waals surface area (Å²) >= 11 is 12.6. The Morgan fingerprint density at radius 2 is 1.81 bits per heavy atom. The second-order valence-electron chi connectivity index (χ2n) is 7.55. The Hall–Kier alpha value is -4.35. The summed E-state index contributed by atoms with van der Waals surface area (Å²) in [5, 5.41) is 26.5. The van der Waals surface area contributed by atoms with Crippen LogP contribution >= 0.6 is 23.2 Å². The van der Waals surface area contributed by atoms with E-state index in [1.165, 1.54) is 12.3 Å². The summed E-state index contributed by atoms with van der Waals surface area (Å²) in [7, 11) is 0. The number of hydrogen-bond acceptors (Lipinski definition) is 9. The summed E-state index contributed by atoms with van der Waals surface area (Å²) in [5.74, 6) is 0.896. The largest absolute Gasteiger partial charge is 0.368 e. The lowest BCUT2D eigenvalue weighted by Crippen LogP contribution is -2.16. The third kappa shape index (κ3) is 4.88. The van der Waals surface area contributed by atoms with Gasteiger partial charge in [0.1, 0.15) is 28.9 Å². The molecular formula is C23H17Cl2N9O2. The van der Waals surface area contributed by atoms with Crippen molar-refractivity contribution in [3.05, 3.63) is 87.2 Å². The van der Waals surface area contributed by atoms with E-state index in [0.717, 1.165) is 11.0 Å². The molecule has 36 heavy (non-hydrogen) atoms. The first-order chi connectivity index (χ1) is 17.5. The maximum atomic E-state index is 10.8. The molecule has 180 valence electrons. The number of rotatable bonds is 8. The van der Waals surface area contributed by atoms with E-state index in [1.807, 2.05) is 24.3 Å². The monoisotopic (exact) mass is 521 g/mol. The van der Waals surface area contributed by atoms with Gasteiger partial charge in [0.05, 0.1) is 21.7 Å². The molecule has 5 aromatic rings. The van der Waals surface area contributed by atoms with Gasteiger partial charge < -0.3 is 10.6 Å². The number of nitrogens with zero attached hydrogens (tertiary/aromatic N) is 7. The third-order valence-electron chi connectivity index (χ3n) is 5.21. The van der Waals surface area contributed by atoms with Gasteiger partial charge in [-0.05, 0) is 36.4 Å². The molecular weight excluding hydrogens is 505 g/mol. The van der Waals surface area contributed by atoms with Crippen molar-refractivity contribution in [3.8, 4) is 16.9 Å². The Morgan fingerprint density at radius 1 is 0.972 bits per heavy atom. The molecule has 0 aliphatic carbocycles. The molecule has 0 bridgehead atoms. The minimum atomic E-state index is -0.494. The second kappa shape index (κ2) is 10.1. The van der Waals surface area contributed by atoms with Crippen LogP contribution in [0.1, 0.15) is 0 Å². The molecule has 0 saturated carbocycles. The predicted octanol–water partition coefficient (Wildman–Crippen LogP) is 5.01. The predicted molar refractivity (Wildman–Crippen MR) is 138 cm³/mol. The first kappa shape index (κ1) is 23.4. The highest BCUT2D eigenvalue weighted by atomic mass is 35.5. The van der Waals surface area contributed by atoms with Crippen molar-refractivity contribution in [3.63, 3.8) is 0 Å². The van der Waals surface area contributed by atoms with Crippen LogP contribution in [0.25, 0.3) is 28.0 Å². The van der Waals surface area contributed by atoms with Gasteiger partial charge in [0.2, 0.25) is 5.95 Å². The summed E-state index contributed by atoms with van der Waals surface area (Å²) in [5.41, 5.74) is 3.28. The molecule has 0 spiro atoms. The summed E-state index contributed by atoms with van der Waals surface area (Å²) < 4.78 is 1.67. The van der Waals surface area contributed by atoms with E-state index in [9.17, 15) is 10.1 Å². The van der Waals surface area contributed by atoms with Crippen LogP contribution in [0.3, 0.4) is 0 Å². The summed E-state index contributed by atoms with van der Waals surface area (Å²) in [6.45, 7) is 0.929. The van der Waals surface area contributed by atoms with Crippen LogP contribution in [0.4, 0.5) is 17.5 Å². The van der Waals surface area contributed by atoms with Gasteiger partial charge in [-0.3, -0.25) is 10.1 Å². The van der Waals surface area contributed by atoms with Crippen LogP contribution in [-0.4, -0.2) is 48.0 Å². The molecule has 2 aromatic carbocycles. The standard InChI is InChI=1S/C23H17Cl2N9O2/c24-14-5-7-16(17(25)11-14)22-20(33-19-4-2-1-3-18(19)31-32-33)13-29-23(30-22)27-10-9-26-21-8-6-15(12-28-21)34(35)36/h1-8,11-13H,9-10H2,(H,26,28)(H,27,29,30). The number of nitro groups is 1. The number of fused-ring (bicyclic) bond motifs is 1. The van der Waals surface area contributed by atoms with Gasteiger partial charge in [0.25, 0.3) is 5.69 Å². The van der Waals surface area contributed by atoms with Crippen LogP contribution in [-0.2, 0) is 0 Å². The Labute approximate surface area is 214 Å². The minimum Gasteiger partial charge on any atom is -0.368 e. The Balaban J connectivity index is 1.40. The van der Waals surface area contributed by atoms with Gasteiger partial charge >= 0.3 is 0 Å². The molecule has 13 heteroatoms. The smallest absolute Gasteiger partial charge is 0.287 e. The number of pyridine rings is 1. The van der Waals surface area contributed by atoms with Crippen molar-refractivity contribution >= 4 is 51.7 Å². The molecule has 0 saturated heterocycles. The van der Waals surface area contributed by atoms with Gasteiger partial charge in [-0.25, -0.2) is 19.6 Å². The van der Waals surface area contributed by atoms with Crippen molar-refractivity contribution in [1.82, 2.24) is 29.9 Å². The number of anilines is 2. The molecule has 0 aliphatic heterocycles. The molecule has 0 fully saturated rings. The Bertz CT molecular complexity index is 1560. The zero-order valence-corrected chi connectivity index (χ0v) is 20.0. The lowest BCUT2D eigenvalue weighted by Gasteiger charge is -2.13. The normalized spacial score (nSPS) is 10.9. The van der Waals surface area contributed by atoms with E-state index in [-0.39, 0.29) is 5.69 Å². The topological polar surface area (TPSA) is 137 Å². The molecule has 0 atom stereocenters. The van der Waals surface area contributed by atoms with Gasteiger partial charge in [-0.2, -0.15) is 0 Å². The minimum absolute atomic E-state index is 0.0688. The van der Waals surface area contributed by atoms with Crippen LogP contribution in [0, 0.1) is 10.1 Å². The molecule has 5 rings (SSSR count). The van der Waals surface area contributed by atoms with E-state index in [1.54, 1.807) is 35.1 Å². The van der Waals surface area contributed by atoms with Crippen LogP contribution < -0.4 is 10.6 Å². The fourth-order valence-electron chi connectivity index (χ4n) is 3.51. The van der Waals surface area contributed by atoms with Gasteiger partial charge in [-0.1, -0.05) is 40.5 Å². The number of hydrogen-bond donors (Lipinski definition) is 2. The molecule has 2 N–H and O–H groups in total. The van der Waals surface area contributed by atoms with Crippen LogP contribution in [0.2, 0.25) is 10.0 Å². The maximum absolute atomic E-state index is 10.8. The van der Waals surface area contributed by atoms with Crippen molar-refractivity contribution in [2.45, 2.75) is 0 Å². The number of halogens is 2. The molecule has 0 amide bonds. The number of para-hydroxylation sites is 1. The SMILES string of the molecule is O=[N+]([O-])c1ccc(NCCNc2ncc(-n3nnc4ccccc43)c(-c3ccc(Cl)cc3Cl)n2)nc1. The first-order valence-electron chi connectivity index (χ1n) is 10.7. The van der Waals surface area contributed by atoms with Crippen molar-refractivity contribution in [1.29, 1.82) is 0 Å². The third-order valence-corrected chi connectivity index (χ3v) is 5.76. The molecule has 3 aromatic heterocycles. The Kier molecular flexibility index (Phi) is 6.56. The van der Waals surface area contributed by atoms with Crippen molar-refractivity contribution in [2.75, 3.05) is 23.7 Å². The maximum Gasteiger partial charge on any atom is 0.287 e. The highest BCUT2D eigenvalue weighted by molar-refractivity contribution is 6.36. The highest BCUT2D eigenvalue weighted by Crippen LogP contribution is 2.33. The highest BCUT2D eigenvalue weighted by Gasteiger charge is 2.17. The Morgan fingerprint density at radius 3 is 2.58 bits per heavy atom. The van der Waals surface area contributed by atoms with E-state index in [4.69, 9.17) is 28.2 Å². The number of nitrogens with one attached hydrogen (secondary N) is 2. The zero-order valence-electron chi connectivity index (χ0n) is 18.5. The van der Waals surface area contributed by atoms with Crippen LogP contribution in [0.15, 0.2) is 67.0 Å². The van der Waals surface area contributed by atoms with Crippen molar-refractivity contribution < 1.29 is 4.92 Å². The zero-order chi connectivity index (χ0) is 25.1. The van der Waals surface area contributed by atoms with Crippen molar-refractivity contribution in [2.24, 2.45) is 0 Å². The van der Waals surface area contributed by atoms with Gasteiger partial charge in [0, 0.05) is 29.7 Å². The second-order valence-corrected chi connectivity index (χ2v) is 8.40. The van der Waals surface area contributed by atoms with Gasteiger partial charge in [-0.15, -0.1) is 5.10 Å². The quantitative estimate of drug-likeness (QED) is 0.164. The lowest BCUT2D eigenvalue weighted by atomic mass is 10.1. The average molecular weight is 522 g/mol. The fourth-order valence-corrected chi connectivity index (χ4v) is 4.00. The summed E-state index contributed by atoms with van der Waals surface area (Å²) in [4.78, 5) is 23.5. The molecule has 11 nitrogen and oxygen atoms in total. The van der Waals surface area contributed by atoms with E-state index >= 15 is 0 Å². The van der Waals surface area contributed by atoms with E-state index in [0.29, 0.717) is 51.8 Å². The van der Waals surface area contributed by atoms with E-state index < -0.39 is 4.92 Å². The summed E-state index contributed by atoms with van der Waals surface area (Å²) in [6.07, 6.45) is 2.86. The molecule has 0 radical (unpaired) electrons. The molecule has 3 heterocycles. The molecule has 0 unspecified atom stereocenters. The fraction of sp³-hybridized carbons (Fsp3) is 0.0870. The van der Waals surface area contributed by atoms with Crippen LogP contribution in [0.5, 0.6) is 0 Å². The summed E-state index contributed by atoms with van der Waals surface area (Å²) in [6, 6.07) is 15.7. The number of aromatic nitrogens is 6. The van der Waals surface area contributed by atoms with E-state index in [2.05, 4.69) is 30.9 Å².